The van der Waals surface area contributed by atoms with Crippen molar-refractivity contribution in [3.8, 4) is 34.5 Å². The van der Waals surface area contributed by atoms with E-state index in [-0.39, 0.29) is 13.2 Å². The largest absolute Gasteiger partial charge is 0.489 e. The molecule has 346 valence electrons. The molecule has 68 heavy (non-hydrogen) atoms. The quantitative estimate of drug-likeness (QED) is 0.0594. The first-order chi connectivity index (χ1) is 33.3. The number of rotatable bonds is 24. The van der Waals surface area contributed by atoms with Crippen molar-refractivity contribution in [2.75, 3.05) is 21.1 Å². The molecule has 8 heteroatoms. The van der Waals surface area contributed by atoms with Crippen molar-refractivity contribution in [3.63, 3.8) is 0 Å². The molecule has 0 unspecified atom stereocenters. The van der Waals surface area contributed by atoms with Crippen LogP contribution >= 0.6 is 0 Å². The molecule has 0 radical (unpaired) electrons. The Labute approximate surface area is 401 Å². The average Bonchev–Trinajstić information content (AvgIpc) is 3.36. The molecule has 0 bridgehead atoms. The molecule has 0 N–H and O–H groups in total. The number of ether oxygens (including phenoxy) is 6. The van der Waals surface area contributed by atoms with Crippen LogP contribution in [0.15, 0.2) is 200 Å². The standard InChI is InChI=1S/C60H60N2O6/c1-61(2)37-50-25-16-26-51(27-50)38-62(3)39-52-28-55(67-44-53-30-57(63-40-46-17-8-4-9-18-46)35-58(31-53)64-41-47-19-10-5-11-20-47)34-56(29-52)68-45-54-32-59(65-42-48-21-12-6-13-22-48)36-60(33-54)66-43-49-23-14-7-15-24-49/h4-36H,37-45H2,1-3H3. The maximum Gasteiger partial charge on any atom is 0.123 e. The van der Waals surface area contributed by atoms with Gasteiger partial charge in [0.25, 0.3) is 0 Å². The highest BCUT2D eigenvalue weighted by atomic mass is 16.5. The summed E-state index contributed by atoms with van der Waals surface area (Å²) >= 11 is 0. The van der Waals surface area contributed by atoms with Gasteiger partial charge < -0.3 is 33.3 Å². The zero-order chi connectivity index (χ0) is 46.8. The molecular formula is C60H60N2O6. The Hall–Kier alpha value is -7.52. The summed E-state index contributed by atoms with van der Waals surface area (Å²) < 4.78 is 38.6. The van der Waals surface area contributed by atoms with Gasteiger partial charge >= 0.3 is 0 Å². The first kappa shape index (κ1) is 47.0. The first-order valence-corrected chi connectivity index (χ1v) is 23.1. The van der Waals surface area contributed by atoms with Gasteiger partial charge in [-0.2, -0.15) is 0 Å². The zero-order valence-corrected chi connectivity index (χ0v) is 39.3. The van der Waals surface area contributed by atoms with E-state index in [1.165, 1.54) is 11.1 Å². The van der Waals surface area contributed by atoms with Crippen molar-refractivity contribution in [2.24, 2.45) is 0 Å². The van der Waals surface area contributed by atoms with E-state index < -0.39 is 0 Å². The van der Waals surface area contributed by atoms with Gasteiger partial charge in [0.1, 0.15) is 74.1 Å². The van der Waals surface area contributed by atoms with Crippen LogP contribution in [0.25, 0.3) is 0 Å². The minimum absolute atomic E-state index is 0.282. The molecular weight excluding hydrogens is 845 g/mol. The van der Waals surface area contributed by atoms with Crippen LogP contribution in [-0.4, -0.2) is 30.9 Å². The van der Waals surface area contributed by atoms with Crippen LogP contribution in [0.4, 0.5) is 0 Å². The third-order valence-corrected chi connectivity index (χ3v) is 11.0. The van der Waals surface area contributed by atoms with Crippen LogP contribution in [-0.2, 0) is 59.3 Å². The van der Waals surface area contributed by atoms with Gasteiger partial charge in [0, 0.05) is 37.8 Å². The summed E-state index contributed by atoms with van der Waals surface area (Å²) in [6.07, 6.45) is 0. The van der Waals surface area contributed by atoms with E-state index in [0.29, 0.717) is 67.5 Å². The van der Waals surface area contributed by atoms with Crippen molar-refractivity contribution >= 4 is 0 Å². The van der Waals surface area contributed by atoms with Crippen LogP contribution in [0.5, 0.6) is 34.5 Å². The summed E-state index contributed by atoms with van der Waals surface area (Å²) in [5.74, 6) is 4.19. The molecule has 0 saturated heterocycles. The summed E-state index contributed by atoms with van der Waals surface area (Å²) in [7, 11) is 6.33. The highest BCUT2D eigenvalue weighted by Crippen LogP contribution is 2.31. The summed E-state index contributed by atoms with van der Waals surface area (Å²) in [4.78, 5) is 4.50. The fourth-order valence-electron chi connectivity index (χ4n) is 7.82. The highest BCUT2D eigenvalue weighted by molar-refractivity contribution is 5.43. The van der Waals surface area contributed by atoms with Gasteiger partial charge in [-0.05, 0) is 108 Å². The SMILES string of the molecule is CN(C)Cc1cccc(CN(C)Cc2cc(OCc3cc(OCc4ccccc4)cc(OCc4ccccc4)c3)cc(OCc3cc(OCc4ccccc4)cc(OCc4ccccc4)c3)c2)c1. The molecule has 0 heterocycles. The van der Waals surface area contributed by atoms with Gasteiger partial charge in [0.05, 0.1) is 0 Å². The lowest BCUT2D eigenvalue weighted by molar-refractivity contribution is 0.274. The molecule has 0 aliphatic rings. The molecule has 8 aromatic carbocycles. The number of benzene rings is 8. The van der Waals surface area contributed by atoms with Gasteiger partial charge in [-0.3, -0.25) is 4.90 Å². The third kappa shape index (κ3) is 15.3. The smallest absolute Gasteiger partial charge is 0.123 e. The lowest BCUT2D eigenvalue weighted by atomic mass is 10.1. The van der Waals surface area contributed by atoms with Crippen molar-refractivity contribution in [2.45, 2.75) is 59.3 Å². The lowest BCUT2D eigenvalue weighted by Gasteiger charge is -2.20. The van der Waals surface area contributed by atoms with Gasteiger partial charge in [0.15, 0.2) is 0 Å². The van der Waals surface area contributed by atoms with Crippen LogP contribution in [0.2, 0.25) is 0 Å². The minimum atomic E-state index is 0.282. The molecule has 0 fully saturated rings. The maximum atomic E-state index is 6.65. The Morgan fingerprint density at radius 1 is 0.250 bits per heavy atom. The molecule has 0 saturated carbocycles. The molecule has 0 aliphatic heterocycles. The number of hydrogen-bond acceptors (Lipinski definition) is 8. The van der Waals surface area contributed by atoms with Crippen LogP contribution in [0.1, 0.15) is 50.1 Å². The summed E-state index contributed by atoms with van der Waals surface area (Å²) in [5.41, 5.74) is 9.76. The lowest BCUT2D eigenvalue weighted by Crippen LogP contribution is -2.18. The van der Waals surface area contributed by atoms with Crippen LogP contribution in [0.3, 0.4) is 0 Å². The second-order valence-electron chi connectivity index (χ2n) is 17.3. The van der Waals surface area contributed by atoms with Gasteiger partial charge in [-0.25, -0.2) is 0 Å². The molecule has 0 amide bonds. The molecule has 0 spiro atoms. The highest BCUT2D eigenvalue weighted by Gasteiger charge is 2.13. The Morgan fingerprint density at radius 2 is 0.515 bits per heavy atom. The fourth-order valence-corrected chi connectivity index (χ4v) is 7.82. The van der Waals surface area contributed by atoms with E-state index in [2.05, 4.69) is 116 Å². The minimum Gasteiger partial charge on any atom is -0.489 e. The van der Waals surface area contributed by atoms with Crippen LogP contribution < -0.4 is 28.4 Å². The predicted molar refractivity (Wildman–Crippen MR) is 270 cm³/mol. The summed E-state index contributed by atoms with van der Waals surface area (Å²) in [6, 6.07) is 67.5. The van der Waals surface area contributed by atoms with E-state index in [0.717, 1.165) is 52.0 Å². The Balaban J connectivity index is 1.03. The zero-order valence-electron chi connectivity index (χ0n) is 39.3. The maximum absolute atomic E-state index is 6.65. The molecule has 0 aromatic heterocycles. The number of nitrogens with zero attached hydrogens (tertiary/aromatic N) is 2. The van der Waals surface area contributed by atoms with Crippen LogP contribution in [0, 0.1) is 0 Å². The van der Waals surface area contributed by atoms with E-state index in [9.17, 15) is 0 Å². The third-order valence-electron chi connectivity index (χ3n) is 11.0. The summed E-state index contributed by atoms with van der Waals surface area (Å²) in [6.45, 7) is 4.64. The molecule has 0 atom stereocenters. The van der Waals surface area contributed by atoms with E-state index >= 15 is 0 Å². The topological polar surface area (TPSA) is 61.9 Å². The Kier molecular flexibility index (Phi) is 16.8. The van der Waals surface area contributed by atoms with Crippen molar-refractivity contribution in [1.29, 1.82) is 0 Å². The summed E-state index contributed by atoms with van der Waals surface area (Å²) in [5, 5.41) is 0. The molecule has 0 aliphatic carbocycles. The monoisotopic (exact) mass is 904 g/mol. The van der Waals surface area contributed by atoms with Gasteiger partial charge in [-0.15, -0.1) is 0 Å². The second kappa shape index (κ2) is 24.3. The van der Waals surface area contributed by atoms with E-state index in [4.69, 9.17) is 28.4 Å². The molecule has 8 nitrogen and oxygen atoms in total. The first-order valence-electron chi connectivity index (χ1n) is 23.1. The number of hydrogen-bond donors (Lipinski definition) is 0. The van der Waals surface area contributed by atoms with Crippen molar-refractivity contribution in [1.82, 2.24) is 9.80 Å². The Morgan fingerprint density at radius 3 is 0.838 bits per heavy atom. The molecule has 8 rings (SSSR count). The van der Waals surface area contributed by atoms with Gasteiger partial charge in [0.2, 0.25) is 0 Å². The predicted octanol–water partition coefficient (Wildman–Crippen LogP) is 12.9. The fraction of sp³-hybridized carbons (Fsp3) is 0.200. The Bertz CT molecular complexity index is 2490. The normalized spacial score (nSPS) is 11.1. The molecule has 8 aromatic rings. The van der Waals surface area contributed by atoms with Crippen molar-refractivity contribution in [3.05, 3.63) is 250 Å². The van der Waals surface area contributed by atoms with Gasteiger partial charge in [-0.1, -0.05) is 146 Å². The average molecular weight is 905 g/mol. The second-order valence-corrected chi connectivity index (χ2v) is 17.3. The van der Waals surface area contributed by atoms with E-state index in [1.54, 1.807) is 0 Å². The van der Waals surface area contributed by atoms with Crippen molar-refractivity contribution < 1.29 is 28.4 Å². The van der Waals surface area contributed by atoms with E-state index in [1.807, 2.05) is 115 Å².